The zero-order valence-corrected chi connectivity index (χ0v) is 18.5. The van der Waals surface area contributed by atoms with Gasteiger partial charge in [0.05, 0.1) is 25.5 Å². The molecule has 0 radical (unpaired) electrons. The van der Waals surface area contributed by atoms with Crippen LogP contribution in [0.1, 0.15) is 28.9 Å². The number of aromatic nitrogens is 4. The van der Waals surface area contributed by atoms with Crippen molar-refractivity contribution in [1.82, 2.24) is 20.2 Å². The second-order valence-corrected chi connectivity index (χ2v) is 8.19. The number of anilines is 1. The first-order valence-corrected chi connectivity index (χ1v) is 10.8. The molecule has 1 aliphatic rings. The van der Waals surface area contributed by atoms with Crippen molar-refractivity contribution in [2.24, 2.45) is 0 Å². The first kappa shape index (κ1) is 21.4. The number of hydrogen-bond donors (Lipinski definition) is 1. The topological polar surface area (TPSA) is 108 Å². The molecule has 1 N–H and O–H groups in total. The van der Waals surface area contributed by atoms with E-state index >= 15 is 0 Å². The van der Waals surface area contributed by atoms with Crippen LogP contribution in [0.25, 0.3) is 11.1 Å². The maximum atomic E-state index is 13.0. The molecule has 31 heavy (non-hydrogen) atoms. The van der Waals surface area contributed by atoms with Crippen molar-refractivity contribution in [3.05, 3.63) is 40.9 Å². The van der Waals surface area contributed by atoms with Crippen LogP contribution in [0.5, 0.6) is 10.9 Å². The summed E-state index contributed by atoms with van der Waals surface area (Å²) in [5.41, 5.74) is 2.33. The fraction of sp³-hybridized carbons (Fsp3) is 0.350. The second-order valence-electron chi connectivity index (χ2n) is 6.86. The molecule has 162 valence electrons. The van der Waals surface area contributed by atoms with E-state index in [9.17, 15) is 4.79 Å². The SMILES string of the molecule is COc1cnc(Cl)cc1-c1cc(C)ncc1C(=O)Nc1nnc(O[C@H]2CCCOC2)s1. The Morgan fingerprint density at radius 2 is 2.13 bits per heavy atom. The highest BCUT2D eigenvalue weighted by atomic mass is 35.5. The van der Waals surface area contributed by atoms with E-state index in [4.69, 9.17) is 25.8 Å². The Hall–Kier alpha value is -2.82. The number of methoxy groups -OCH3 is 1. The van der Waals surface area contributed by atoms with Gasteiger partial charge in [-0.2, -0.15) is 0 Å². The van der Waals surface area contributed by atoms with Crippen LogP contribution in [-0.2, 0) is 4.74 Å². The number of rotatable bonds is 6. The molecule has 11 heteroatoms. The highest BCUT2D eigenvalue weighted by molar-refractivity contribution is 7.17. The van der Waals surface area contributed by atoms with Crippen molar-refractivity contribution in [2.75, 3.05) is 25.6 Å². The van der Waals surface area contributed by atoms with E-state index in [0.29, 0.717) is 39.4 Å². The summed E-state index contributed by atoms with van der Waals surface area (Å²) in [5, 5.41) is 11.8. The quantitative estimate of drug-likeness (QED) is 0.552. The maximum Gasteiger partial charge on any atom is 0.296 e. The predicted molar refractivity (Wildman–Crippen MR) is 116 cm³/mol. The lowest BCUT2D eigenvalue weighted by Gasteiger charge is -2.21. The molecule has 4 rings (SSSR count). The Labute approximate surface area is 187 Å². The van der Waals surface area contributed by atoms with Gasteiger partial charge in [-0.05, 0) is 43.2 Å². The Bertz CT molecular complexity index is 1090. The van der Waals surface area contributed by atoms with Crippen LogP contribution in [-0.4, -0.2) is 52.5 Å². The van der Waals surface area contributed by atoms with Gasteiger partial charge in [0.2, 0.25) is 5.13 Å². The van der Waals surface area contributed by atoms with Crippen LogP contribution < -0.4 is 14.8 Å². The minimum Gasteiger partial charge on any atom is -0.494 e. The first-order chi connectivity index (χ1) is 15.0. The summed E-state index contributed by atoms with van der Waals surface area (Å²) in [5.74, 6) is 0.103. The van der Waals surface area contributed by atoms with Crippen molar-refractivity contribution < 1.29 is 19.0 Å². The molecule has 0 saturated carbocycles. The predicted octanol–water partition coefficient (Wildman–Crippen LogP) is 3.78. The van der Waals surface area contributed by atoms with Crippen LogP contribution in [0.4, 0.5) is 5.13 Å². The fourth-order valence-electron chi connectivity index (χ4n) is 3.17. The van der Waals surface area contributed by atoms with Gasteiger partial charge >= 0.3 is 0 Å². The first-order valence-electron chi connectivity index (χ1n) is 9.59. The molecule has 0 aromatic carbocycles. The number of nitrogens with zero attached hydrogens (tertiary/aromatic N) is 4. The number of amides is 1. The molecule has 0 aliphatic carbocycles. The minimum absolute atomic E-state index is 0.0537. The smallest absolute Gasteiger partial charge is 0.296 e. The lowest BCUT2D eigenvalue weighted by molar-refractivity contribution is 0.00706. The van der Waals surface area contributed by atoms with E-state index in [0.717, 1.165) is 36.5 Å². The van der Waals surface area contributed by atoms with Crippen LogP contribution in [0.3, 0.4) is 0 Å². The molecule has 1 fully saturated rings. The van der Waals surface area contributed by atoms with E-state index in [-0.39, 0.29) is 17.2 Å². The number of ether oxygens (including phenoxy) is 3. The number of halogens is 1. The Balaban J connectivity index is 1.57. The van der Waals surface area contributed by atoms with Gasteiger partial charge in [-0.3, -0.25) is 15.1 Å². The number of hydrogen-bond acceptors (Lipinski definition) is 9. The van der Waals surface area contributed by atoms with Gasteiger partial charge in [-0.15, -0.1) is 5.10 Å². The number of aryl methyl sites for hydroxylation is 1. The van der Waals surface area contributed by atoms with Gasteiger partial charge < -0.3 is 14.2 Å². The van der Waals surface area contributed by atoms with Crippen molar-refractivity contribution >= 4 is 34.0 Å². The fourth-order valence-corrected chi connectivity index (χ4v) is 3.99. The van der Waals surface area contributed by atoms with E-state index in [1.807, 2.05) is 6.92 Å². The van der Waals surface area contributed by atoms with E-state index in [1.54, 1.807) is 12.1 Å². The van der Waals surface area contributed by atoms with Crippen molar-refractivity contribution in [3.63, 3.8) is 0 Å². The average Bonchev–Trinajstić information content (AvgIpc) is 3.20. The summed E-state index contributed by atoms with van der Waals surface area (Å²) in [6, 6.07) is 3.44. The molecule has 0 bridgehead atoms. The van der Waals surface area contributed by atoms with Crippen LogP contribution in [0.15, 0.2) is 24.5 Å². The molecule has 4 heterocycles. The molecule has 3 aromatic rings. The van der Waals surface area contributed by atoms with Gasteiger partial charge in [0.25, 0.3) is 11.1 Å². The number of nitrogens with one attached hydrogen (secondary N) is 1. The van der Waals surface area contributed by atoms with E-state index < -0.39 is 0 Å². The zero-order chi connectivity index (χ0) is 21.8. The summed E-state index contributed by atoms with van der Waals surface area (Å²) < 4.78 is 16.6. The van der Waals surface area contributed by atoms with E-state index in [1.165, 1.54) is 19.5 Å². The van der Waals surface area contributed by atoms with Crippen molar-refractivity contribution in [1.29, 1.82) is 0 Å². The van der Waals surface area contributed by atoms with Gasteiger partial charge in [0, 0.05) is 29.6 Å². The third kappa shape index (κ3) is 5.09. The number of carbonyl (C=O) groups is 1. The van der Waals surface area contributed by atoms with Crippen molar-refractivity contribution in [2.45, 2.75) is 25.9 Å². The number of carbonyl (C=O) groups excluding carboxylic acids is 1. The third-order valence-electron chi connectivity index (χ3n) is 4.64. The standard InChI is InChI=1S/C20H20ClN5O4S/c1-11-6-13(14-7-17(21)23-9-16(14)28-2)15(8-22-11)18(27)24-19-25-26-20(31-19)30-12-4-3-5-29-10-12/h6-9,12H,3-5,10H2,1-2H3,(H,24,25,27)/t12-/m0/s1. The molecule has 9 nitrogen and oxygen atoms in total. The summed E-state index contributed by atoms with van der Waals surface area (Å²) >= 11 is 7.24. The zero-order valence-electron chi connectivity index (χ0n) is 16.9. The Kier molecular flexibility index (Phi) is 6.59. The van der Waals surface area contributed by atoms with Gasteiger partial charge in [0.1, 0.15) is 17.0 Å². The molecule has 0 spiro atoms. The lowest BCUT2D eigenvalue weighted by Crippen LogP contribution is -2.27. The molecule has 1 amide bonds. The summed E-state index contributed by atoms with van der Waals surface area (Å²) in [6.07, 6.45) is 4.81. The molecule has 0 unspecified atom stereocenters. The minimum atomic E-state index is -0.388. The monoisotopic (exact) mass is 461 g/mol. The van der Waals surface area contributed by atoms with Gasteiger partial charge in [0.15, 0.2) is 0 Å². The number of pyridine rings is 2. The van der Waals surface area contributed by atoms with Crippen LogP contribution in [0.2, 0.25) is 5.15 Å². The van der Waals surface area contributed by atoms with Gasteiger partial charge in [-0.25, -0.2) is 4.98 Å². The summed E-state index contributed by atoms with van der Waals surface area (Å²) in [6.45, 7) is 3.11. The van der Waals surface area contributed by atoms with Crippen LogP contribution >= 0.6 is 22.9 Å². The molecule has 3 aromatic heterocycles. The van der Waals surface area contributed by atoms with E-state index in [2.05, 4.69) is 25.5 Å². The average molecular weight is 462 g/mol. The Morgan fingerprint density at radius 3 is 2.90 bits per heavy atom. The summed E-state index contributed by atoms with van der Waals surface area (Å²) in [7, 11) is 1.53. The lowest BCUT2D eigenvalue weighted by atomic mass is 10.0. The van der Waals surface area contributed by atoms with Crippen molar-refractivity contribution in [3.8, 4) is 22.1 Å². The van der Waals surface area contributed by atoms with Crippen LogP contribution in [0, 0.1) is 6.92 Å². The maximum absolute atomic E-state index is 13.0. The summed E-state index contributed by atoms with van der Waals surface area (Å²) in [4.78, 5) is 21.3. The highest BCUT2D eigenvalue weighted by Gasteiger charge is 2.21. The largest absolute Gasteiger partial charge is 0.494 e. The van der Waals surface area contributed by atoms with Gasteiger partial charge in [-0.1, -0.05) is 16.7 Å². The highest BCUT2D eigenvalue weighted by Crippen LogP contribution is 2.34. The normalized spacial score (nSPS) is 16.0. The molecular weight excluding hydrogens is 442 g/mol. The third-order valence-corrected chi connectivity index (χ3v) is 5.58. The second kappa shape index (κ2) is 9.54. The molecular formula is C20H20ClN5O4S. The molecule has 1 aliphatic heterocycles. The Morgan fingerprint density at radius 1 is 1.26 bits per heavy atom. The molecule has 1 saturated heterocycles. The molecule has 1 atom stereocenters.